The molecule has 1 aliphatic rings. The molecule has 0 saturated carbocycles. The molecule has 0 unspecified atom stereocenters. The molecule has 9 heteroatoms. The van der Waals surface area contributed by atoms with Gasteiger partial charge in [-0.25, -0.2) is 12.7 Å². The molecule has 0 spiro atoms. The molecule has 2 rings (SSSR count). The summed E-state index contributed by atoms with van der Waals surface area (Å²) in [6.07, 6.45) is 0. The number of rotatable bonds is 5. The number of hydrogen-bond donors (Lipinski definition) is 1. The van der Waals surface area contributed by atoms with Gasteiger partial charge in [0.25, 0.3) is 5.91 Å². The first-order valence-electron chi connectivity index (χ1n) is 7.00. The van der Waals surface area contributed by atoms with Crippen molar-refractivity contribution in [2.24, 2.45) is 13.0 Å². The first-order chi connectivity index (χ1) is 10.2. The Morgan fingerprint density at radius 1 is 1.50 bits per heavy atom. The molecule has 1 N–H and O–H groups in total. The fourth-order valence-electron chi connectivity index (χ4n) is 2.41. The molecule has 1 saturated heterocycles. The second kappa shape index (κ2) is 6.35. The number of nitrogens with zero attached hydrogens (tertiary/aromatic N) is 3. The van der Waals surface area contributed by atoms with Crippen LogP contribution in [0.1, 0.15) is 16.2 Å². The van der Waals surface area contributed by atoms with Crippen molar-refractivity contribution in [3.05, 3.63) is 17.5 Å². The van der Waals surface area contributed by atoms with E-state index < -0.39 is 10.0 Å². The van der Waals surface area contributed by atoms with Gasteiger partial charge in [-0.3, -0.25) is 9.48 Å². The molecule has 1 amide bonds. The summed E-state index contributed by atoms with van der Waals surface area (Å²) in [7, 11) is 1.36. The zero-order valence-electron chi connectivity index (χ0n) is 13.2. The molecule has 0 bridgehead atoms. The number of sulfonamides is 1. The molecule has 8 nitrogen and oxygen atoms in total. The van der Waals surface area contributed by atoms with E-state index >= 15 is 0 Å². The van der Waals surface area contributed by atoms with Crippen molar-refractivity contribution < 1.29 is 17.9 Å². The summed E-state index contributed by atoms with van der Waals surface area (Å²) >= 11 is 0. The van der Waals surface area contributed by atoms with Crippen molar-refractivity contribution in [2.45, 2.75) is 13.0 Å². The Labute approximate surface area is 130 Å². The second-order valence-electron chi connectivity index (χ2n) is 5.73. The van der Waals surface area contributed by atoms with Crippen molar-refractivity contribution in [1.29, 1.82) is 0 Å². The molecule has 1 aliphatic heterocycles. The number of aryl methyl sites for hydroxylation is 2. The Bertz CT molecular complexity index is 653. The van der Waals surface area contributed by atoms with Crippen LogP contribution in [0.5, 0.6) is 0 Å². The topological polar surface area (TPSA) is 93.5 Å². The molecule has 2 atom stereocenters. The summed E-state index contributed by atoms with van der Waals surface area (Å²) in [5.41, 5.74) is 1.20. The van der Waals surface area contributed by atoms with Crippen LogP contribution in [0.3, 0.4) is 0 Å². The molecule has 1 aromatic rings. The van der Waals surface area contributed by atoms with E-state index in [0.717, 1.165) is 5.69 Å². The van der Waals surface area contributed by atoms with Crippen molar-refractivity contribution in [1.82, 2.24) is 19.4 Å². The van der Waals surface area contributed by atoms with E-state index in [1.165, 1.54) is 23.1 Å². The van der Waals surface area contributed by atoms with E-state index in [2.05, 4.69) is 10.4 Å². The van der Waals surface area contributed by atoms with Crippen LogP contribution in [0.2, 0.25) is 0 Å². The molecule has 124 valence electrons. The van der Waals surface area contributed by atoms with Crippen LogP contribution in [-0.2, 0) is 21.8 Å². The monoisotopic (exact) mass is 330 g/mol. The number of carbonyl (C=O) groups excluding carboxylic acids is 1. The summed E-state index contributed by atoms with van der Waals surface area (Å²) < 4.78 is 32.0. The highest BCUT2D eigenvalue weighted by Gasteiger charge is 2.34. The third-order valence-corrected chi connectivity index (χ3v) is 5.69. The minimum absolute atomic E-state index is 0.0463. The minimum Gasteiger partial charge on any atom is -0.379 e. The van der Waals surface area contributed by atoms with Gasteiger partial charge in [0.15, 0.2) is 0 Å². The van der Waals surface area contributed by atoms with Crippen molar-refractivity contribution >= 4 is 15.9 Å². The van der Waals surface area contributed by atoms with Gasteiger partial charge in [-0.2, -0.15) is 5.10 Å². The molecule has 22 heavy (non-hydrogen) atoms. The fourth-order valence-corrected chi connectivity index (χ4v) is 3.58. The van der Waals surface area contributed by atoms with E-state index in [-0.39, 0.29) is 23.6 Å². The largest absolute Gasteiger partial charge is 0.379 e. The summed E-state index contributed by atoms with van der Waals surface area (Å²) in [5, 5.41) is 6.98. The molecule has 1 fully saturated rings. The third-order valence-electron chi connectivity index (χ3n) is 3.73. The van der Waals surface area contributed by atoms with Gasteiger partial charge < -0.3 is 10.1 Å². The van der Waals surface area contributed by atoms with E-state index in [4.69, 9.17) is 4.74 Å². The lowest BCUT2D eigenvalue weighted by atomic mass is 10.1. The molecular weight excluding hydrogens is 308 g/mol. The third kappa shape index (κ3) is 3.65. The quantitative estimate of drug-likeness (QED) is 0.775. The Morgan fingerprint density at radius 2 is 2.18 bits per heavy atom. The van der Waals surface area contributed by atoms with E-state index in [0.29, 0.717) is 18.9 Å². The summed E-state index contributed by atoms with van der Waals surface area (Å²) in [4.78, 5) is 12.3. The number of nitrogens with one attached hydrogen (secondary N) is 1. The second-order valence-corrected chi connectivity index (χ2v) is 7.96. The van der Waals surface area contributed by atoms with Crippen LogP contribution in [0.25, 0.3) is 0 Å². The number of aromatic nitrogens is 2. The normalized spacial score (nSPS) is 22.2. The lowest BCUT2D eigenvalue weighted by Gasteiger charge is -2.21. The number of hydrogen-bond acceptors (Lipinski definition) is 5. The predicted molar refractivity (Wildman–Crippen MR) is 81.0 cm³/mol. The number of carbonyl (C=O) groups is 1. The van der Waals surface area contributed by atoms with Gasteiger partial charge in [-0.1, -0.05) is 0 Å². The van der Waals surface area contributed by atoms with Crippen molar-refractivity contribution in [3.63, 3.8) is 0 Å². The highest BCUT2D eigenvalue weighted by Crippen LogP contribution is 2.18. The van der Waals surface area contributed by atoms with Crippen LogP contribution in [-0.4, -0.2) is 67.5 Å². The van der Waals surface area contributed by atoms with Gasteiger partial charge in [0, 0.05) is 27.1 Å². The lowest BCUT2D eigenvalue weighted by molar-refractivity contribution is 0.0916. The summed E-state index contributed by atoms with van der Waals surface area (Å²) in [6, 6.07) is 1.37. The van der Waals surface area contributed by atoms with Gasteiger partial charge in [-0.05, 0) is 13.0 Å². The Kier molecular flexibility index (Phi) is 4.88. The van der Waals surface area contributed by atoms with Crippen LogP contribution < -0.4 is 5.32 Å². The average Bonchev–Trinajstić information content (AvgIpc) is 2.95. The SMILES string of the molecule is Cc1cc(C(=O)N[C@H]2COC[C@H]2CS(=O)(=O)N(C)C)n(C)n1. The lowest BCUT2D eigenvalue weighted by Crippen LogP contribution is -2.44. The van der Waals surface area contributed by atoms with Crippen LogP contribution in [0, 0.1) is 12.8 Å². The van der Waals surface area contributed by atoms with E-state index in [1.54, 1.807) is 13.1 Å². The number of ether oxygens (including phenoxy) is 1. The van der Waals surface area contributed by atoms with Gasteiger partial charge in [0.1, 0.15) is 5.69 Å². The Balaban J connectivity index is 2.05. The fraction of sp³-hybridized carbons (Fsp3) is 0.692. The van der Waals surface area contributed by atoms with Crippen molar-refractivity contribution in [3.8, 4) is 0 Å². The summed E-state index contributed by atoms with van der Waals surface area (Å²) in [5.74, 6) is -0.577. The van der Waals surface area contributed by atoms with Gasteiger partial charge in [0.05, 0.1) is 30.7 Å². The molecule has 0 aromatic carbocycles. The maximum absolute atomic E-state index is 12.3. The Hall–Kier alpha value is -1.45. The first-order valence-corrected chi connectivity index (χ1v) is 8.61. The number of amides is 1. The first kappa shape index (κ1) is 16.9. The molecular formula is C13H22N4O4S. The van der Waals surface area contributed by atoms with E-state index in [9.17, 15) is 13.2 Å². The maximum Gasteiger partial charge on any atom is 0.269 e. The zero-order chi connectivity index (χ0) is 16.5. The van der Waals surface area contributed by atoms with Gasteiger partial charge in [0.2, 0.25) is 10.0 Å². The van der Waals surface area contributed by atoms with Crippen LogP contribution >= 0.6 is 0 Å². The predicted octanol–water partition coefficient (Wildman–Crippen LogP) is -0.635. The van der Waals surface area contributed by atoms with Crippen molar-refractivity contribution in [2.75, 3.05) is 33.1 Å². The van der Waals surface area contributed by atoms with Crippen LogP contribution in [0.15, 0.2) is 6.07 Å². The standard InChI is InChI=1S/C13H22N4O4S/c1-9-5-12(17(4)15-9)13(18)14-11-7-21-6-10(11)8-22(19,20)16(2)3/h5,10-11H,6-8H2,1-4H3,(H,14,18)/t10-,11-/m0/s1. The zero-order valence-corrected chi connectivity index (χ0v) is 14.1. The summed E-state index contributed by atoms with van der Waals surface area (Å²) in [6.45, 7) is 2.44. The molecule has 0 radical (unpaired) electrons. The van der Waals surface area contributed by atoms with E-state index in [1.807, 2.05) is 6.92 Å². The maximum atomic E-state index is 12.3. The Morgan fingerprint density at radius 3 is 2.73 bits per heavy atom. The molecule has 0 aliphatic carbocycles. The highest BCUT2D eigenvalue weighted by molar-refractivity contribution is 7.89. The average molecular weight is 330 g/mol. The molecule has 1 aromatic heterocycles. The smallest absolute Gasteiger partial charge is 0.269 e. The minimum atomic E-state index is -3.33. The van der Waals surface area contributed by atoms with Gasteiger partial charge in [-0.15, -0.1) is 0 Å². The van der Waals surface area contributed by atoms with Crippen LogP contribution in [0.4, 0.5) is 0 Å². The molecule has 2 heterocycles. The van der Waals surface area contributed by atoms with Gasteiger partial charge >= 0.3 is 0 Å². The highest BCUT2D eigenvalue weighted by atomic mass is 32.2.